The van der Waals surface area contributed by atoms with Crippen molar-refractivity contribution in [3.05, 3.63) is 55.1 Å². The lowest BCUT2D eigenvalue weighted by molar-refractivity contribution is 1.37. The van der Waals surface area contributed by atoms with Gasteiger partial charge in [-0.1, -0.05) is 50.1 Å². The van der Waals surface area contributed by atoms with Gasteiger partial charge in [-0.3, -0.25) is 9.98 Å². The molecule has 2 nitrogen and oxygen atoms in total. The Bertz CT molecular complexity index is 494. The quantitative estimate of drug-likeness (QED) is 0.662. The van der Waals surface area contributed by atoms with E-state index in [1.54, 1.807) is 30.7 Å². The van der Waals surface area contributed by atoms with E-state index in [-0.39, 0.29) is 0 Å². The lowest BCUT2D eigenvalue weighted by Gasteiger charge is -2.07. The molecule has 17 heavy (non-hydrogen) atoms. The number of nitrogens with zero attached hydrogens (tertiary/aromatic N) is 2. The van der Waals surface area contributed by atoms with Crippen molar-refractivity contribution in [1.29, 1.82) is 0 Å². The third-order valence-electron chi connectivity index (χ3n) is 2.22. The lowest BCUT2D eigenvalue weighted by atomic mass is 10.1. The molecule has 0 aromatic heterocycles. The molecule has 0 fully saturated rings. The van der Waals surface area contributed by atoms with Crippen molar-refractivity contribution in [1.82, 2.24) is 0 Å². The van der Waals surface area contributed by atoms with Crippen LogP contribution >= 0.6 is 0 Å². The fourth-order valence-corrected chi connectivity index (χ4v) is 1.41. The van der Waals surface area contributed by atoms with Crippen LogP contribution in [0.4, 0.5) is 11.4 Å². The van der Waals surface area contributed by atoms with Gasteiger partial charge >= 0.3 is 0 Å². The predicted octanol–water partition coefficient (Wildman–Crippen LogP) is 4.41. The van der Waals surface area contributed by atoms with Crippen molar-refractivity contribution in [2.24, 2.45) is 9.98 Å². The molecule has 86 valence electrons. The van der Waals surface area contributed by atoms with Crippen molar-refractivity contribution < 1.29 is 0 Å². The van der Waals surface area contributed by atoms with Crippen LogP contribution in [0.25, 0.3) is 6.08 Å². The standard InChI is InChI=1S/C15H16N2/c1-5-10-16-14-12(4)8-9-13(7-3)15(14)17-11-6-2/h5-11H,1-3H2,4H3/b16-10-,17-11-. The van der Waals surface area contributed by atoms with Gasteiger partial charge in [0, 0.05) is 18.0 Å². The van der Waals surface area contributed by atoms with Crippen molar-refractivity contribution >= 4 is 29.9 Å². The van der Waals surface area contributed by atoms with Crippen molar-refractivity contribution in [2.45, 2.75) is 6.92 Å². The number of rotatable bonds is 5. The molecule has 0 saturated heterocycles. The van der Waals surface area contributed by atoms with Crippen molar-refractivity contribution in [3.63, 3.8) is 0 Å². The summed E-state index contributed by atoms with van der Waals surface area (Å²) >= 11 is 0. The Hall–Kier alpha value is -2.22. The summed E-state index contributed by atoms with van der Waals surface area (Å²) in [6.07, 6.45) is 8.34. The SMILES string of the molecule is C=C/C=N\c1c(C)ccc(C=C)c1/N=C\C=C. The summed E-state index contributed by atoms with van der Waals surface area (Å²) in [5.74, 6) is 0. The molecule has 0 spiro atoms. The molecular formula is C15H16N2. The van der Waals surface area contributed by atoms with E-state index in [4.69, 9.17) is 0 Å². The minimum absolute atomic E-state index is 0.804. The molecule has 1 rings (SSSR count). The largest absolute Gasteiger partial charge is 0.254 e. The summed E-state index contributed by atoms with van der Waals surface area (Å²) < 4.78 is 0. The van der Waals surface area contributed by atoms with Crippen LogP contribution < -0.4 is 0 Å². The number of aliphatic imine (C=N–C) groups is 2. The Morgan fingerprint density at radius 2 is 1.53 bits per heavy atom. The molecule has 0 N–H and O–H groups in total. The maximum atomic E-state index is 4.35. The third kappa shape index (κ3) is 3.11. The highest BCUT2D eigenvalue weighted by Gasteiger charge is 2.06. The van der Waals surface area contributed by atoms with E-state index in [0.717, 1.165) is 22.5 Å². The maximum Gasteiger partial charge on any atom is 0.0960 e. The topological polar surface area (TPSA) is 24.7 Å². The third-order valence-corrected chi connectivity index (χ3v) is 2.22. The minimum Gasteiger partial charge on any atom is -0.254 e. The van der Waals surface area contributed by atoms with Gasteiger partial charge < -0.3 is 0 Å². The molecule has 0 heterocycles. The van der Waals surface area contributed by atoms with Gasteiger partial charge in [-0.2, -0.15) is 0 Å². The summed E-state index contributed by atoms with van der Waals surface area (Å²) in [4.78, 5) is 8.69. The minimum atomic E-state index is 0.804. The first kappa shape index (κ1) is 12.8. The predicted molar refractivity (Wildman–Crippen MR) is 78.0 cm³/mol. The molecule has 0 aliphatic carbocycles. The highest BCUT2D eigenvalue weighted by atomic mass is 14.8. The van der Waals surface area contributed by atoms with E-state index in [0.29, 0.717) is 0 Å². The first-order valence-corrected chi connectivity index (χ1v) is 5.30. The number of hydrogen-bond acceptors (Lipinski definition) is 2. The molecule has 1 aromatic rings. The molecule has 1 aromatic carbocycles. The fraction of sp³-hybridized carbons (Fsp3) is 0.0667. The molecule has 0 atom stereocenters. The summed E-state index contributed by atoms with van der Waals surface area (Å²) in [7, 11) is 0. The fourth-order valence-electron chi connectivity index (χ4n) is 1.41. The van der Waals surface area contributed by atoms with Gasteiger partial charge in [0.1, 0.15) is 0 Å². The van der Waals surface area contributed by atoms with E-state index in [9.17, 15) is 0 Å². The van der Waals surface area contributed by atoms with Crippen LogP contribution in [0.5, 0.6) is 0 Å². The summed E-state index contributed by atoms with van der Waals surface area (Å²) in [6.45, 7) is 13.0. The van der Waals surface area contributed by atoms with Crippen LogP contribution in [0.2, 0.25) is 0 Å². The number of aryl methyl sites for hydroxylation is 1. The van der Waals surface area contributed by atoms with Crippen LogP contribution in [0.1, 0.15) is 11.1 Å². The van der Waals surface area contributed by atoms with Gasteiger partial charge in [-0.05, 0) is 12.5 Å². The molecule has 2 heteroatoms. The smallest absolute Gasteiger partial charge is 0.0960 e. The summed E-state index contributed by atoms with van der Waals surface area (Å²) in [6, 6.07) is 3.98. The molecule has 0 amide bonds. The molecule has 0 aliphatic heterocycles. The van der Waals surface area contributed by atoms with Crippen LogP contribution in [0, 0.1) is 6.92 Å². The van der Waals surface area contributed by atoms with Crippen molar-refractivity contribution in [3.8, 4) is 0 Å². The van der Waals surface area contributed by atoms with Gasteiger partial charge in [0.15, 0.2) is 0 Å². The first-order chi connectivity index (χ1) is 8.24. The monoisotopic (exact) mass is 224 g/mol. The summed E-state index contributed by atoms with van der Waals surface area (Å²) in [5, 5.41) is 0. The molecule has 0 radical (unpaired) electrons. The molecular weight excluding hydrogens is 208 g/mol. The second-order valence-electron chi connectivity index (χ2n) is 3.40. The van der Waals surface area contributed by atoms with Crippen LogP contribution in [-0.2, 0) is 0 Å². The average Bonchev–Trinajstić information content (AvgIpc) is 2.35. The van der Waals surface area contributed by atoms with E-state index in [1.807, 2.05) is 19.1 Å². The molecule has 0 unspecified atom stereocenters. The summed E-state index contributed by atoms with van der Waals surface area (Å²) in [5.41, 5.74) is 3.65. The Kier molecular flexibility index (Phi) is 4.82. The van der Waals surface area contributed by atoms with Gasteiger partial charge in [0.25, 0.3) is 0 Å². The Labute approximate surface area is 102 Å². The normalized spacial score (nSPS) is 10.9. The Morgan fingerprint density at radius 1 is 0.941 bits per heavy atom. The number of hydrogen-bond donors (Lipinski definition) is 0. The Balaban J connectivity index is 3.45. The van der Waals surface area contributed by atoms with Gasteiger partial charge in [0.2, 0.25) is 0 Å². The highest BCUT2D eigenvalue weighted by Crippen LogP contribution is 2.35. The van der Waals surface area contributed by atoms with Gasteiger partial charge in [-0.15, -0.1) is 0 Å². The zero-order valence-electron chi connectivity index (χ0n) is 10.1. The zero-order valence-corrected chi connectivity index (χ0v) is 10.1. The van der Waals surface area contributed by atoms with Gasteiger partial charge in [-0.25, -0.2) is 0 Å². The van der Waals surface area contributed by atoms with Crippen LogP contribution in [0.15, 0.2) is 54.0 Å². The van der Waals surface area contributed by atoms with Crippen molar-refractivity contribution in [2.75, 3.05) is 0 Å². The lowest BCUT2D eigenvalue weighted by Crippen LogP contribution is -1.82. The highest BCUT2D eigenvalue weighted by molar-refractivity contribution is 5.86. The molecule has 0 aliphatic rings. The van der Waals surface area contributed by atoms with Crippen LogP contribution in [0.3, 0.4) is 0 Å². The number of allylic oxidation sites excluding steroid dienone is 2. The van der Waals surface area contributed by atoms with E-state index >= 15 is 0 Å². The van der Waals surface area contributed by atoms with Gasteiger partial charge in [0.05, 0.1) is 11.4 Å². The molecule has 0 saturated carbocycles. The first-order valence-electron chi connectivity index (χ1n) is 5.30. The van der Waals surface area contributed by atoms with E-state index < -0.39 is 0 Å². The second kappa shape index (κ2) is 6.38. The second-order valence-corrected chi connectivity index (χ2v) is 3.40. The Morgan fingerprint density at radius 3 is 2.06 bits per heavy atom. The van der Waals surface area contributed by atoms with E-state index in [1.165, 1.54) is 0 Å². The van der Waals surface area contributed by atoms with E-state index in [2.05, 4.69) is 29.7 Å². The average molecular weight is 224 g/mol. The zero-order chi connectivity index (χ0) is 12.7. The van der Waals surface area contributed by atoms with Crippen LogP contribution in [-0.4, -0.2) is 12.4 Å². The molecule has 0 bridgehead atoms. The maximum absolute atomic E-state index is 4.35. The number of benzene rings is 1.